The summed E-state index contributed by atoms with van der Waals surface area (Å²) in [5.74, 6) is -2.06. The minimum Gasteiger partial charge on any atom is -0.459 e. The van der Waals surface area contributed by atoms with E-state index in [9.17, 15) is 18.8 Å². The van der Waals surface area contributed by atoms with Crippen molar-refractivity contribution >= 4 is 17.8 Å². The molecule has 0 fully saturated rings. The lowest BCUT2D eigenvalue weighted by Crippen LogP contribution is -2.44. The molecule has 1 heterocycles. The van der Waals surface area contributed by atoms with Crippen LogP contribution in [0.2, 0.25) is 0 Å². The number of amides is 2. The Morgan fingerprint density at radius 3 is 2.45 bits per heavy atom. The van der Waals surface area contributed by atoms with Crippen molar-refractivity contribution < 1.29 is 27.9 Å². The number of esters is 1. The van der Waals surface area contributed by atoms with Crippen LogP contribution in [0, 0.1) is 5.82 Å². The zero-order valence-corrected chi connectivity index (χ0v) is 18.2. The second kappa shape index (κ2) is 11.6. The van der Waals surface area contributed by atoms with Gasteiger partial charge in [0.05, 0.1) is 6.26 Å². The fraction of sp³-hybridized carbons (Fsp3) is 0.240. The molecule has 0 saturated carbocycles. The van der Waals surface area contributed by atoms with Crippen molar-refractivity contribution in [3.63, 3.8) is 0 Å². The molecule has 8 heteroatoms. The number of nitrogens with one attached hydrogen (secondary N) is 1. The molecule has 1 N–H and O–H groups in total. The maximum absolute atomic E-state index is 13.4. The smallest absolute Gasteiger partial charge is 0.329 e. The quantitative estimate of drug-likeness (QED) is 0.477. The van der Waals surface area contributed by atoms with Gasteiger partial charge in [0, 0.05) is 19.5 Å². The van der Waals surface area contributed by atoms with Crippen LogP contribution in [-0.4, -0.2) is 41.9 Å². The van der Waals surface area contributed by atoms with Gasteiger partial charge in [0.25, 0.3) is 11.8 Å². The number of benzene rings is 2. The minimum absolute atomic E-state index is 0.0594. The van der Waals surface area contributed by atoms with Gasteiger partial charge >= 0.3 is 5.97 Å². The first-order valence-corrected chi connectivity index (χ1v) is 10.5. The molecule has 0 unspecified atom stereocenters. The summed E-state index contributed by atoms with van der Waals surface area (Å²) < 4.78 is 23.8. The van der Waals surface area contributed by atoms with E-state index in [4.69, 9.17) is 9.15 Å². The lowest BCUT2D eigenvalue weighted by Gasteiger charge is -2.22. The van der Waals surface area contributed by atoms with Crippen molar-refractivity contribution in [3.8, 4) is 0 Å². The van der Waals surface area contributed by atoms with Crippen LogP contribution in [0.5, 0.6) is 0 Å². The van der Waals surface area contributed by atoms with Crippen LogP contribution in [0.4, 0.5) is 4.39 Å². The van der Waals surface area contributed by atoms with Crippen LogP contribution in [0.25, 0.3) is 0 Å². The van der Waals surface area contributed by atoms with Crippen LogP contribution >= 0.6 is 0 Å². The van der Waals surface area contributed by atoms with Crippen LogP contribution in [0.3, 0.4) is 0 Å². The molecular formula is C25H25FN2O5. The normalized spacial score (nSPS) is 11.5. The Morgan fingerprint density at radius 1 is 1.03 bits per heavy atom. The molecule has 0 radical (unpaired) electrons. The van der Waals surface area contributed by atoms with Gasteiger partial charge in [-0.1, -0.05) is 42.5 Å². The lowest BCUT2D eigenvalue weighted by molar-refractivity contribution is -0.153. The molecule has 0 saturated heterocycles. The fourth-order valence-corrected chi connectivity index (χ4v) is 3.24. The first-order chi connectivity index (χ1) is 16.0. The van der Waals surface area contributed by atoms with E-state index in [1.807, 2.05) is 30.3 Å². The number of hydrogen-bond donors (Lipinski definition) is 1. The van der Waals surface area contributed by atoms with Gasteiger partial charge in [0.15, 0.2) is 12.4 Å². The lowest BCUT2D eigenvalue weighted by atomic mass is 10.1. The summed E-state index contributed by atoms with van der Waals surface area (Å²) in [6, 6.07) is 17.1. The molecule has 1 atom stereocenters. The van der Waals surface area contributed by atoms with E-state index < -0.39 is 36.2 Å². The monoisotopic (exact) mass is 452 g/mol. The second-order valence-electron chi connectivity index (χ2n) is 7.34. The Kier molecular flexibility index (Phi) is 8.35. The van der Waals surface area contributed by atoms with Gasteiger partial charge in [0.1, 0.15) is 11.9 Å². The van der Waals surface area contributed by atoms with Gasteiger partial charge in [0.2, 0.25) is 0 Å². The van der Waals surface area contributed by atoms with Gasteiger partial charge in [-0.3, -0.25) is 9.59 Å². The summed E-state index contributed by atoms with van der Waals surface area (Å²) in [5.41, 5.74) is 1.44. The van der Waals surface area contributed by atoms with Crippen LogP contribution in [0.15, 0.2) is 77.4 Å². The van der Waals surface area contributed by atoms with E-state index >= 15 is 0 Å². The summed E-state index contributed by atoms with van der Waals surface area (Å²) in [7, 11) is 0. The Labute approximate surface area is 191 Å². The zero-order valence-electron chi connectivity index (χ0n) is 18.2. The maximum Gasteiger partial charge on any atom is 0.329 e. The number of nitrogens with zero attached hydrogens (tertiary/aromatic N) is 1. The standard InChI is InChI=1S/C25H25FN2O5/c1-2-28(16-19-10-6-11-20(26)14-19)23(29)17-33-25(31)21(15-18-8-4-3-5-9-18)27-24(30)22-12-7-13-32-22/h3-14,21H,2,15-17H2,1H3,(H,27,30)/t21-/m0/s1. The molecule has 2 aromatic carbocycles. The van der Waals surface area contributed by atoms with E-state index in [2.05, 4.69) is 5.32 Å². The molecule has 3 aromatic rings. The Balaban J connectivity index is 1.63. The van der Waals surface area contributed by atoms with Gasteiger partial charge in [-0.25, -0.2) is 9.18 Å². The number of likely N-dealkylation sites (N-methyl/N-ethyl adjacent to an activating group) is 1. The summed E-state index contributed by atoms with van der Waals surface area (Å²) in [6.45, 7) is 1.83. The van der Waals surface area contributed by atoms with E-state index in [0.29, 0.717) is 12.1 Å². The highest BCUT2D eigenvalue weighted by atomic mass is 19.1. The van der Waals surface area contributed by atoms with Crippen molar-refractivity contribution in [1.82, 2.24) is 10.2 Å². The number of hydrogen-bond acceptors (Lipinski definition) is 5. The number of carbonyl (C=O) groups excluding carboxylic acids is 3. The van der Waals surface area contributed by atoms with Crippen molar-refractivity contribution in [3.05, 3.63) is 95.7 Å². The molecule has 7 nitrogen and oxygen atoms in total. The van der Waals surface area contributed by atoms with Gasteiger partial charge < -0.3 is 19.4 Å². The highest BCUT2D eigenvalue weighted by Gasteiger charge is 2.26. The van der Waals surface area contributed by atoms with Crippen molar-refractivity contribution in [2.75, 3.05) is 13.2 Å². The predicted molar refractivity (Wildman–Crippen MR) is 119 cm³/mol. The van der Waals surface area contributed by atoms with Gasteiger partial charge in [-0.15, -0.1) is 0 Å². The van der Waals surface area contributed by atoms with Crippen LogP contribution in [-0.2, 0) is 27.3 Å². The average molecular weight is 452 g/mol. The summed E-state index contributed by atoms with van der Waals surface area (Å²) in [4.78, 5) is 39.3. The second-order valence-corrected chi connectivity index (χ2v) is 7.34. The molecule has 3 rings (SSSR count). The molecular weight excluding hydrogens is 427 g/mol. The fourth-order valence-electron chi connectivity index (χ4n) is 3.24. The van der Waals surface area contributed by atoms with Gasteiger partial charge in [-0.2, -0.15) is 0 Å². The van der Waals surface area contributed by atoms with E-state index in [-0.39, 0.29) is 18.7 Å². The van der Waals surface area contributed by atoms with Crippen molar-refractivity contribution in [2.24, 2.45) is 0 Å². The predicted octanol–water partition coefficient (Wildman–Crippen LogP) is 3.35. The number of carbonyl (C=O) groups is 3. The first kappa shape index (κ1) is 23.7. The van der Waals surface area contributed by atoms with E-state index in [1.165, 1.54) is 29.4 Å². The minimum atomic E-state index is -1.02. The van der Waals surface area contributed by atoms with Crippen molar-refractivity contribution in [1.29, 1.82) is 0 Å². The molecule has 2 amide bonds. The molecule has 0 aliphatic carbocycles. The van der Waals surface area contributed by atoms with Crippen LogP contribution < -0.4 is 5.32 Å². The van der Waals surface area contributed by atoms with Gasteiger partial charge in [-0.05, 0) is 42.3 Å². The molecule has 1 aromatic heterocycles. The highest BCUT2D eigenvalue weighted by molar-refractivity contribution is 5.94. The molecule has 0 bridgehead atoms. The molecule has 0 spiro atoms. The molecule has 33 heavy (non-hydrogen) atoms. The topological polar surface area (TPSA) is 88.9 Å². The zero-order chi connectivity index (χ0) is 23.6. The Bertz CT molecular complexity index is 1070. The maximum atomic E-state index is 13.4. The van der Waals surface area contributed by atoms with Crippen LogP contribution in [0.1, 0.15) is 28.6 Å². The average Bonchev–Trinajstić information content (AvgIpc) is 3.36. The largest absolute Gasteiger partial charge is 0.459 e. The number of ether oxygens (including phenoxy) is 1. The number of rotatable bonds is 10. The molecule has 0 aliphatic heterocycles. The third kappa shape index (κ3) is 7.03. The van der Waals surface area contributed by atoms with Crippen molar-refractivity contribution in [2.45, 2.75) is 25.9 Å². The summed E-state index contributed by atoms with van der Waals surface area (Å²) in [5, 5.41) is 2.61. The highest BCUT2D eigenvalue weighted by Crippen LogP contribution is 2.10. The number of halogens is 1. The number of furan rings is 1. The molecule has 0 aliphatic rings. The first-order valence-electron chi connectivity index (χ1n) is 10.5. The van der Waals surface area contributed by atoms with E-state index in [1.54, 1.807) is 25.1 Å². The third-order valence-electron chi connectivity index (χ3n) is 4.95. The Morgan fingerprint density at radius 2 is 1.79 bits per heavy atom. The van der Waals surface area contributed by atoms with E-state index in [0.717, 1.165) is 5.56 Å². The third-order valence-corrected chi connectivity index (χ3v) is 4.95. The SMILES string of the molecule is CCN(Cc1cccc(F)c1)C(=O)COC(=O)[C@H](Cc1ccccc1)NC(=O)c1ccco1. The Hall–Kier alpha value is -3.94. The molecule has 172 valence electrons. The summed E-state index contributed by atoms with van der Waals surface area (Å²) >= 11 is 0. The summed E-state index contributed by atoms with van der Waals surface area (Å²) in [6.07, 6.45) is 1.54.